The van der Waals surface area contributed by atoms with Gasteiger partial charge in [0.25, 0.3) is 0 Å². The molecule has 4 amide bonds. The highest BCUT2D eigenvalue weighted by Gasteiger charge is 2.50. The van der Waals surface area contributed by atoms with Gasteiger partial charge in [-0.3, -0.25) is 9.59 Å². The predicted molar refractivity (Wildman–Crippen MR) is 144 cm³/mol. The molecule has 0 aromatic heterocycles. The van der Waals surface area contributed by atoms with E-state index in [0.29, 0.717) is 32.7 Å². The van der Waals surface area contributed by atoms with E-state index in [9.17, 15) is 14.4 Å². The number of hydrogen-bond acceptors (Lipinski definition) is 5. The lowest BCUT2D eigenvalue weighted by Gasteiger charge is -2.54. The van der Waals surface area contributed by atoms with E-state index in [4.69, 9.17) is 4.74 Å². The van der Waals surface area contributed by atoms with Crippen molar-refractivity contribution in [3.8, 4) is 0 Å². The van der Waals surface area contributed by atoms with Crippen LogP contribution in [0, 0.1) is 12.8 Å². The third kappa shape index (κ3) is 6.52. The summed E-state index contributed by atoms with van der Waals surface area (Å²) in [7, 11) is 1.74. The molecule has 9 heteroatoms. The molecule has 38 heavy (non-hydrogen) atoms. The molecule has 0 radical (unpaired) electrons. The zero-order valence-corrected chi connectivity index (χ0v) is 22.8. The summed E-state index contributed by atoms with van der Waals surface area (Å²) >= 11 is 0. The lowest BCUT2D eigenvalue weighted by Crippen LogP contribution is -2.76. The van der Waals surface area contributed by atoms with E-state index in [1.807, 2.05) is 75.4 Å². The van der Waals surface area contributed by atoms with Crippen molar-refractivity contribution in [1.82, 2.24) is 25.1 Å². The first-order chi connectivity index (χ1) is 18.2. The summed E-state index contributed by atoms with van der Waals surface area (Å²) in [6.07, 6.45) is -0.0547. The molecule has 1 N–H and O–H groups in total. The fourth-order valence-corrected chi connectivity index (χ4v) is 5.09. The largest absolute Gasteiger partial charge is 0.375 e. The first-order valence-electron chi connectivity index (χ1n) is 13.3. The minimum absolute atomic E-state index is 0.0385. The second kappa shape index (κ2) is 12.4. The fourth-order valence-electron chi connectivity index (χ4n) is 5.09. The number of nitrogens with one attached hydrogen (secondary N) is 1. The van der Waals surface area contributed by atoms with Gasteiger partial charge in [-0.15, -0.1) is 0 Å². The Hall–Kier alpha value is -3.43. The van der Waals surface area contributed by atoms with Crippen molar-refractivity contribution in [2.75, 3.05) is 33.3 Å². The summed E-state index contributed by atoms with van der Waals surface area (Å²) in [4.78, 5) is 43.6. The Kier molecular flexibility index (Phi) is 9.01. The first kappa shape index (κ1) is 27.6. The van der Waals surface area contributed by atoms with Crippen molar-refractivity contribution in [1.29, 1.82) is 0 Å². The number of aryl methyl sites for hydroxylation is 1. The van der Waals surface area contributed by atoms with Crippen LogP contribution in [0.4, 0.5) is 4.79 Å². The zero-order chi connectivity index (χ0) is 27.2. The minimum atomic E-state index is -0.614. The number of carbonyl (C=O) groups is 3. The molecule has 2 aromatic carbocycles. The summed E-state index contributed by atoms with van der Waals surface area (Å²) in [5.41, 5.74) is 3.25. The van der Waals surface area contributed by atoms with Crippen molar-refractivity contribution in [2.45, 2.75) is 52.6 Å². The number of hydrogen-bond donors (Lipinski definition) is 1. The van der Waals surface area contributed by atoms with Crippen LogP contribution in [0.3, 0.4) is 0 Å². The van der Waals surface area contributed by atoms with Gasteiger partial charge in [-0.2, -0.15) is 0 Å². The molecule has 2 fully saturated rings. The van der Waals surface area contributed by atoms with Crippen LogP contribution < -0.4 is 5.32 Å². The second-order valence-electron chi connectivity index (χ2n) is 10.6. The molecule has 0 spiro atoms. The molecule has 0 aliphatic carbocycles. The Bertz CT molecular complexity index is 1110. The lowest BCUT2D eigenvalue weighted by atomic mass is 9.97. The van der Waals surface area contributed by atoms with Crippen LogP contribution in [0.2, 0.25) is 0 Å². The molecule has 0 bridgehead atoms. The van der Waals surface area contributed by atoms with Crippen LogP contribution in [0.5, 0.6) is 0 Å². The highest BCUT2D eigenvalue weighted by molar-refractivity contribution is 5.91. The number of hydrazine groups is 1. The number of fused-ring (bicyclic) bond motifs is 1. The summed E-state index contributed by atoms with van der Waals surface area (Å²) in [6.45, 7) is 7.98. The van der Waals surface area contributed by atoms with Gasteiger partial charge in [0.05, 0.1) is 26.3 Å². The standard InChI is InChI=1S/C29H39N5O4/c1-21(2)16-25-28(36)32(14-15-38-20-24-12-10-22(3)11-13-24)18-26-33(25)27(35)19-31(4)34(26)29(37)30-17-23-8-6-5-7-9-23/h5-13,21,25-26H,14-20H2,1-4H3,(H,30,37)/t25-,26-/m0/s1. The number of likely N-dealkylation sites (N-methyl/N-ethyl adjacent to an activating group) is 1. The van der Waals surface area contributed by atoms with E-state index in [2.05, 4.69) is 5.32 Å². The second-order valence-corrected chi connectivity index (χ2v) is 10.6. The van der Waals surface area contributed by atoms with Crippen LogP contribution in [0.25, 0.3) is 0 Å². The molecule has 9 nitrogen and oxygen atoms in total. The van der Waals surface area contributed by atoms with Crippen molar-refractivity contribution in [3.63, 3.8) is 0 Å². The van der Waals surface area contributed by atoms with Crippen LogP contribution >= 0.6 is 0 Å². The van der Waals surface area contributed by atoms with Crippen LogP contribution in [-0.2, 0) is 27.5 Å². The highest BCUT2D eigenvalue weighted by atomic mass is 16.5. The van der Waals surface area contributed by atoms with Gasteiger partial charge in [-0.1, -0.05) is 74.0 Å². The normalized spacial score (nSPS) is 20.2. The molecule has 2 aliphatic heterocycles. The van der Waals surface area contributed by atoms with Gasteiger partial charge < -0.3 is 19.9 Å². The van der Waals surface area contributed by atoms with Gasteiger partial charge in [0.15, 0.2) is 0 Å². The smallest absolute Gasteiger partial charge is 0.334 e. The van der Waals surface area contributed by atoms with Crippen LogP contribution in [0.15, 0.2) is 54.6 Å². The minimum Gasteiger partial charge on any atom is -0.375 e. The van der Waals surface area contributed by atoms with E-state index < -0.39 is 12.2 Å². The first-order valence-corrected chi connectivity index (χ1v) is 13.3. The number of benzene rings is 2. The summed E-state index contributed by atoms with van der Waals surface area (Å²) < 4.78 is 5.89. The molecule has 2 aliphatic rings. The number of nitrogens with zero attached hydrogens (tertiary/aromatic N) is 4. The Morgan fingerprint density at radius 2 is 1.76 bits per heavy atom. The molecule has 0 saturated carbocycles. The molecule has 4 rings (SSSR count). The monoisotopic (exact) mass is 521 g/mol. The number of carbonyl (C=O) groups excluding carboxylic acids is 3. The molecular weight excluding hydrogens is 482 g/mol. The molecule has 2 aromatic rings. The van der Waals surface area contributed by atoms with Crippen molar-refractivity contribution in [2.24, 2.45) is 5.92 Å². The third-order valence-electron chi connectivity index (χ3n) is 7.02. The van der Waals surface area contributed by atoms with E-state index in [1.165, 1.54) is 5.56 Å². The number of amides is 4. The number of piperazine rings is 1. The Labute approximate surface area is 225 Å². The lowest BCUT2D eigenvalue weighted by molar-refractivity contribution is -0.188. The van der Waals surface area contributed by atoms with E-state index in [0.717, 1.165) is 11.1 Å². The van der Waals surface area contributed by atoms with Gasteiger partial charge in [0.2, 0.25) is 11.8 Å². The van der Waals surface area contributed by atoms with Gasteiger partial charge >= 0.3 is 6.03 Å². The number of urea groups is 1. The maximum absolute atomic E-state index is 13.6. The third-order valence-corrected chi connectivity index (χ3v) is 7.02. The SMILES string of the molecule is Cc1ccc(COCCN2C[C@H]3N(C(=O)CN(C)N3C(=O)NCc3ccccc3)[C@@H](CC(C)C)C2=O)cc1. The fraction of sp³-hybridized carbons (Fsp3) is 0.483. The Morgan fingerprint density at radius 3 is 2.45 bits per heavy atom. The average Bonchev–Trinajstić information content (AvgIpc) is 2.88. The summed E-state index contributed by atoms with van der Waals surface area (Å²) in [5.74, 6) is -0.0227. The Balaban J connectivity index is 1.47. The Morgan fingerprint density at radius 1 is 1.05 bits per heavy atom. The van der Waals surface area contributed by atoms with Gasteiger partial charge in [-0.25, -0.2) is 14.8 Å². The van der Waals surface area contributed by atoms with E-state index >= 15 is 0 Å². The molecule has 2 heterocycles. The number of ether oxygens (including phenoxy) is 1. The molecule has 2 atom stereocenters. The molecule has 0 unspecified atom stereocenters. The quantitative estimate of drug-likeness (QED) is 0.513. The van der Waals surface area contributed by atoms with Gasteiger partial charge in [0.1, 0.15) is 12.2 Å². The summed E-state index contributed by atoms with van der Waals surface area (Å²) in [6, 6.07) is 16.9. The molecule has 2 saturated heterocycles. The van der Waals surface area contributed by atoms with Crippen molar-refractivity contribution in [3.05, 3.63) is 71.3 Å². The average molecular weight is 522 g/mol. The topological polar surface area (TPSA) is 85.4 Å². The maximum atomic E-state index is 13.6. The molecular formula is C29H39N5O4. The zero-order valence-electron chi connectivity index (χ0n) is 22.8. The van der Waals surface area contributed by atoms with Gasteiger partial charge in [0, 0.05) is 20.1 Å². The van der Waals surface area contributed by atoms with Crippen molar-refractivity contribution < 1.29 is 19.1 Å². The molecule has 204 valence electrons. The highest BCUT2D eigenvalue weighted by Crippen LogP contribution is 2.28. The van der Waals surface area contributed by atoms with Crippen LogP contribution in [0.1, 0.15) is 37.0 Å². The van der Waals surface area contributed by atoms with E-state index in [1.54, 1.807) is 26.9 Å². The van der Waals surface area contributed by atoms with Gasteiger partial charge in [-0.05, 0) is 30.4 Å². The number of rotatable bonds is 9. The van der Waals surface area contributed by atoms with Crippen LogP contribution in [-0.4, -0.2) is 83.2 Å². The van der Waals surface area contributed by atoms with Crippen molar-refractivity contribution >= 4 is 17.8 Å². The predicted octanol–water partition coefficient (Wildman–Crippen LogP) is 3.00. The summed E-state index contributed by atoms with van der Waals surface area (Å²) in [5, 5.41) is 6.22. The van der Waals surface area contributed by atoms with E-state index in [-0.39, 0.29) is 36.9 Å². The maximum Gasteiger partial charge on any atom is 0.334 e.